The van der Waals surface area contributed by atoms with Crippen molar-refractivity contribution in [2.24, 2.45) is 0 Å². The van der Waals surface area contributed by atoms with Gasteiger partial charge in [-0.15, -0.1) is 0 Å². The number of nitrogens with one attached hydrogen (secondary N) is 2. The highest BCUT2D eigenvalue weighted by molar-refractivity contribution is 6.41. The van der Waals surface area contributed by atoms with E-state index in [0.717, 1.165) is 0 Å². The molecule has 1 aromatic rings. The number of carbonyl (C=O) groups excluding carboxylic acids is 1. The molecule has 0 atom stereocenters. The zero-order valence-corrected chi connectivity index (χ0v) is 9.73. The lowest BCUT2D eigenvalue weighted by atomic mass is 10.3. The molecular weight excluding hydrogens is 255 g/mol. The van der Waals surface area contributed by atoms with Crippen LogP contribution in [-0.4, -0.2) is 28.5 Å². The molecule has 0 aromatic carbocycles. The molecule has 0 saturated heterocycles. The van der Waals surface area contributed by atoms with E-state index >= 15 is 0 Å². The lowest BCUT2D eigenvalue weighted by Gasteiger charge is -2.01. The Bertz CT molecular complexity index is 384. The van der Waals surface area contributed by atoms with Gasteiger partial charge in [0.25, 0.3) is 5.91 Å². The third-order valence-corrected chi connectivity index (χ3v) is 2.52. The van der Waals surface area contributed by atoms with Gasteiger partial charge in [-0.3, -0.25) is 9.59 Å². The molecule has 7 heteroatoms. The Morgan fingerprint density at radius 1 is 1.44 bits per heavy atom. The van der Waals surface area contributed by atoms with E-state index in [-0.39, 0.29) is 28.2 Å². The van der Waals surface area contributed by atoms with Crippen LogP contribution in [0.3, 0.4) is 0 Å². The zero-order valence-electron chi connectivity index (χ0n) is 8.22. The molecule has 0 spiro atoms. The lowest BCUT2D eigenvalue weighted by Crippen LogP contribution is -2.25. The minimum atomic E-state index is -0.889. The maximum absolute atomic E-state index is 11.4. The summed E-state index contributed by atoms with van der Waals surface area (Å²) in [5.41, 5.74) is 0.255. The van der Waals surface area contributed by atoms with Crippen molar-refractivity contribution < 1.29 is 14.7 Å². The number of amides is 1. The fourth-order valence-corrected chi connectivity index (χ4v) is 1.38. The van der Waals surface area contributed by atoms with Crippen molar-refractivity contribution >= 4 is 35.1 Å². The molecule has 0 aliphatic rings. The first-order valence-corrected chi connectivity index (χ1v) is 5.30. The van der Waals surface area contributed by atoms with Gasteiger partial charge in [-0.2, -0.15) is 0 Å². The SMILES string of the molecule is O=C(O)CCCNC(=O)c1cc(Cl)c(Cl)[nH]1. The van der Waals surface area contributed by atoms with Crippen molar-refractivity contribution in [2.75, 3.05) is 6.54 Å². The Balaban J connectivity index is 2.38. The number of hydrogen-bond acceptors (Lipinski definition) is 2. The Labute approximate surface area is 102 Å². The van der Waals surface area contributed by atoms with E-state index in [1.165, 1.54) is 6.07 Å². The normalized spacial score (nSPS) is 10.1. The van der Waals surface area contributed by atoms with Crippen LogP contribution in [0.1, 0.15) is 23.3 Å². The topological polar surface area (TPSA) is 82.2 Å². The minimum absolute atomic E-state index is 0.0204. The average Bonchev–Trinajstić information content (AvgIpc) is 2.54. The zero-order chi connectivity index (χ0) is 12.1. The van der Waals surface area contributed by atoms with E-state index in [2.05, 4.69) is 10.3 Å². The third-order valence-electron chi connectivity index (χ3n) is 1.82. The van der Waals surface area contributed by atoms with E-state index in [0.29, 0.717) is 13.0 Å². The molecule has 0 fully saturated rings. The van der Waals surface area contributed by atoms with Gasteiger partial charge in [-0.1, -0.05) is 23.2 Å². The standard InChI is InChI=1S/C9H10Cl2N2O3/c10-5-4-6(13-8(5)11)9(16)12-3-1-2-7(14)15/h4,13H,1-3H2,(H,12,16)(H,14,15). The van der Waals surface area contributed by atoms with Gasteiger partial charge in [-0.25, -0.2) is 0 Å². The van der Waals surface area contributed by atoms with Crippen LogP contribution < -0.4 is 5.32 Å². The average molecular weight is 265 g/mol. The Morgan fingerprint density at radius 3 is 2.62 bits per heavy atom. The second-order valence-corrected chi connectivity index (χ2v) is 3.88. The number of aromatic amines is 1. The fourth-order valence-electron chi connectivity index (χ4n) is 1.06. The summed E-state index contributed by atoms with van der Waals surface area (Å²) in [6.07, 6.45) is 0.399. The number of aliphatic carboxylic acids is 1. The summed E-state index contributed by atoms with van der Waals surface area (Å²) < 4.78 is 0. The molecule has 1 aromatic heterocycles. The van der Waals surface area contributed by atoms with E-state index < -0.39 is 5.97 Å². The van der Waals surface area contributed by atoms with Gasteiger partial charge in [0.15, 0.2) is 0 Å². The molecule has 0 bridgehead atoms. The van der Waals surface area contributed by atoms with Crippen LogP contribution in [0, 0.1) is 0 Å². The van der Waals surface area contributed by atoms with Gasteiger partial charge >= 0.3 is 5.97 Å². The Hall–Kier alpha value is -1.20. The number of H-pyrrole nitrogens is 1. The summed E-state index contributed by atoms with van der Waals surface area (Å²) >= 11 is 11.3. The van der Waals surface area contributed by atoms with Crippen LogP contribution in [-0.2, 0) is 4.79 Å². The van der Waals surface area contributed by atoms with Crippen molar-refractivity contribution in [3.63, 3.8) is 0 Å². The van der Waals surface area contributed by atoms with Crippen LogP contribution in [0.2, 0.25) is 10.2 Å². The number of rotatable bonds is 5. The monoisotopic (exact) mass is 264 g/mol. The van der Waals surface area contributed by atoms with Crippen molar-refractivity contribution in [1.29, 1.82) is 0 Å². The summed E-state index contributed by atoms with van der Waals surface area (Å²) in [6.45, 7) is 0.291. The first kappa shape index (κ1) is 12.9. The molecule has 3 N–H and O–H groups in total. The molecule has 0 aliphatic heterocycles. The maximum Gasteiger partial charge on any atom is 0.303 e. The number of carbonyl (C=O) groups is 2. The van der Waals surface area contributed by atoms with Crippen LogP contribution >= 0.6 is 23.2 Å². The van der Waals surface area contributed by atoms with Crippen LogP contribution in [0.5, 0.6) is 0 Å². The van der Waals surface area contributed by atoms with Gasteiger partial charge in [-0.05, 0) is 12.5 Å². The van der Waals surface area contributed by atoms with Crippen molar-refractivity contribution in [1.82, 2.24) is 10.3 Å². The molecule has 88 valence electrons. The van der Waals surface area contributed by atoms with Gasteiger partial charge < -0.3 is 15.4 Å². The van der Waals surface area contributed by atoms with Crippen molar-refractivity contribution in [3.05, 3.63) is 21.9 Å². The van der Waals surface area contributed by atoms with Crippen LogP contribution in [0.25, 0.3) is 0 Å². The van der Waals surface area contributed by atoms with Gasteiger partial charge in [0.2, 0.25) is 0 Å². The molecular formula is C9H10Cl2N2O3. The van der Waals surface area contributed by atoms with Crippen molar-refractivity contribution in [3.8, 4) is 0 Å². The highest BCUT2D eigenvalue weighted by Gasteiger charge is 2.10. The largest absolute Gasteiger partial charge is 0.481 e. The first-order valence-electron chi connectivity index (χ1n) is 4.54. The number of aromatic nitrogens is 1. The van der Waals surface area contributed by atoms with E-state index in [4.69, 9.17) is 28.3 Å². The summed E-state index contributed by atoms with van der Waals surface area (Å²) in [6, 6.07) is 1.41. The molecule has 5 nitrogen and oxygen atoms in total. The number of hydrogen-bond donors (Lipinski definition) is 3. The molecule has 0 aliphatic carbocycles. The summed E-state index contributed by atoms with van der Waals surface area (Å²) in [5.74, 6) is -1.25. The Morgan fingerprint density at radius 2 is 2.12 bits per heavy atom. The highest BCUT2D eigenvalue weighted by Crippen LogP contribution is 2.21. The number of halogens is 2. The Kier molecular flexibility index (Phi) is 4.64. The van der Waals surface area contributed by atoms with Crippen LogP contribution in [0.15, 0.2) is 6.07 Å². The highest BCUT2D eigenvalue weighted by atomic mass is 35.5. The predicted octanol–water partition coefficient (Wildman–Crippen LogP) is 1.92. The van der Waals surface area contributed by atoms with Crippen LogP contribution in [0.4, 0.5) is 0 Å². The first-order chi connectivity index (χ1) is 7.50. The number of carboxylic acid groups (broad SMARTS) is 1. The molecule has 0 saturated carbocycles. The molecule has 0 radical (unpaired) electrons. The molecule has 16 heavy (non-hydrogen) atoms. The summed E-state index contributed by atoms with van der Waals surface area (Å²) in [7, 11) is 0. The third kappa shape index (κ3) is 3.75. The number of carboxylic acids is 1. The molecule has 1 rings (SSSR count). The van der Waals surface area contributed by atoms with Gasteiger partial charge in [0.1, 0.15) is 10.8 Å². The van der Waals surface area contributed by atoms with Gasteiger partial charge in [0.05, 0.1) is 5.02 Å². The lowest BCUT2D eigenvalue weighted by molar-refractivity contribution is -0.137. The smallest absolute Gasteiger partial charge is 0.303 e. The molecule has 1 heterocycles. The van der Waals surface area contributed by atoms with Gasteiger partial charge in [0, 0.05) is 13.0 Å². The maximum atomic E-state index is 11.4. The van der Waals surface area contributed by atoms with Crippen molar-refractivity contribution in [2.45, 2.75) is 12.8 Å². The molecule has 0 unspecified atom stereocenters. The fraction of sp³-hybridized carbons (Fsp3) is 0.333. The van der Waals surface area contributed by atoms with E-state index in [9.17, 15) is 9.59 Å². The predicted molar refractivity (Wildman–Crippen MR) is 60.0 cm³/mol. The minimum Gasteiger partial charge on any atom is -0.481 e. The quantitative estimate of drug-likeness (QED) is 0.711. The second kappa shape index (κ2) is 5.77. The summed E-state index contributed by atoms with van der Waals surface area (Å²) in [4.78, 5) is 24.3. The van der Waals surface area contributed by atoms with E-state index in [1.54, 1.807) is 0 Å². The van der Waals surface area contributed by atoms with E-state index in [1.807, 2.05) is 0 Å². The summed E-state index contributed by atoms with van der Waals surface area (Å²) in [5, 5.41) is 11.4. The second-order valence-electron chi connectivity index (χ2n) is 3.10. The molecule has 1 amide bonds.